The van der Waals surface area contributed by atoms with Crippen LogP contribution < -0.4 is 0 Å². The van der Waals surface area contributed by atoms with Crippen LogP contribution in [0.3, 0.4) is 0 Å². The molecule has 0 fully saturated rings. The topological polar surface area (TPSA) is 102 Å². The third-order valence-corrected chi connectivity index (χ3v) is 4.20. The van der Waals surface area contributed by atoms with E-state index in [-0.39, 0.29) is 12.2 Å². The van der Waals surface area contributed by atoms with Gasteiger partial charge in [-0.05, 0) is 17.2 Å². The molecule has 2 aromatic rings. The predicted octanol–water partition coefficient (Wildman–Crippen LogP) is 0.708. The Labute approximate surface area is 143 Å². The van der Waals surface area contributed by atoms with Crippen LogP contribution in [0.15, 0.2) is 36.5 Å². The molecule has 0 radical (unpaired) electrons. The Bertz CT molecular complexity index is 829. The highest BCUT2D eigenvalue weighted by atomic mass is 16.5. The lowest BCUT2D eigenvalue weighted by Crippen LogP contribution is -2.49. The van der Waals surface area contributed by atoms with E-state index in [1.807, 2.05) is 24.3 Å². The molecule has 0 saturated carbocycles. The number of carboxylic acids is 1. The Hall–Kier alpha value is -3.16. The lowest BCUT2D eigenvalue weighted by molar-refractivity contribution is -0.146. The zero-order valence-electron chi connectivity index (χ0n) is 13.6. The molecular formula is C17H17N3O5. The minimum Gasteiger partial charge on any atom is -0.480 e. The van der Waals surface area contributed by atoms with Crippen molar-refractivity contribution in [2.45, 2.75) is 25.6 Å². The zero-order chi connectivity index (χ0) is 18.0. The molecule has 0 bridgehead atoms. The summed E-state index contributed by atoms with van der Waals surface area (Å²) in [7, 11) is 1.28. The number of aliphatic carboxylic acids is 1. The normalized spacial score (nSPS) is 16.2. The fourth-order valence-corrected chi connectivity index (χ4v) is 3.00. The van der Waals surface area contributed by atoms with Gasteiger partial charge >= 0.3 is 11.9 Å². The van der Waals surface area contributed by atoms with Crippen LogP contribution in [0.25, 0.3) is 0 Å². The first kappa shape index (κ1) is 16.7. The first-order valence-electron chi connectivity index (χ1n) is 7.70. The minimum atomic E-state index is -1.11. The second-order valence-electron chi connectivity index (χ2n) is 5.71. The number of carbonyl (C=O) groups excluding carboxylic acids is 2. The van der Waals surface area contributed by atoms with Crippen molar-refractivity contribution in [3.8, 4) is 0 Å². The lowest BCUT2D eigenvalue weighted by Gasteiger charge is -2.35. The van der Waals surface area contributed by atoms with E-state index < -0.39 is 30.4 Å². The van der Waals surface area contributed by atoms with Gasteiger partial charge in [0.1, 0.15) is 18.3 Å². The van der Waals surface area contributed by atoms with Crippen LogP contribution in [0.2, 0.25) is 0 Å². The smallest absolute Gasteiger partial charge is 0.328 e. The summed E-state index contributed by atoms with van der Waals surface area (Å²) in [6, 6.07) is 8.25. The van der Waals surface area contributed by atoms with Crippen molar-refractivity contribution in [1.82, 2.24) is 14.7 Å². The van der Waals surface area contributed by atoms with E-state index in [2.05, 4.69) is 5.10 Å². The molecule has 0 aliphatic carbocycles. The number of rotatable bonds is 4. The number of fused-ring (bicyclic) bond motifs is 1. The first-order chi connectivity index (χ1) is 12.0. The van der Waals surface area contributed by atoms with Gasteiger partial charge in [0.2, 0.25) is 0 Å². The molecule has 3 rings (SSSR count). The van der Waals surface area contributed by atoms with Gasteiger partial charge in [-0.2, -0.15) is 5.10 Å². The number of amides is 1. The van der Waals surface area contributed by atoms with Crippen LogP contribution in [0.4, 0.5) is 0 Å². The monoisotopic (exact) mass is 343 g/mol. The van der Waals surface area contributed by atoms with Crippen molar-refractivity contribution >= 4 is 17.8 Å². The Morgan fingerprint density at radius 2 is 1.96 bits per heavy atom. The van der Waals surface area contributed by atoms with Gasteiger partial charge in [0.05, 0.1) is 7.11 Å². The molecular weight excluding hydrogens is 326 g/mol. The molecule has 1 atom stereocenters. The molecule has 25 heavy (non-hydrogen) atoms. The highest BCUT2D eigenvalue weighted by Gasteiger charge is 2.36. The molecule has 8 heteroatoms. The summed E-state index contributed by atoms with van der Waals surface area (Å²) in [5, 5.41) is 12.8. The lowest BCUT2D eigenvalue weighted by atomic mass is 9.93. The maximum Gasteiger partial charge on any atom is 0.328 e. The number of ether oxygens (including phenoxy) is 1. The Balaban J connectivity index is 1.95. The minimum absolute atomic E-state index is 0.121. The molecule has 130 valence electrons. The van der Waals surface area contributed by atoms with Crippen LogP contribution in [0, 0.1) is 0 Å². The second-order valence-corrected chi connectivity index (χ2v) is 5.71. The largest absolute Gasteiger partial charge is 0.480 e. The van der Waals surface area contributed by atoms with Gasteiger partial charge < -0.3 is 14.7 Å². The fraction of sp³-hybridized carbons (Fsp3) is 0.294. The standard InChI is InChI=1S/C17H17N3O5/c1-25-17(24)14-8-11-4-2-3-5-12(11)9-19(14)16(23)13-6-7-18-20(13)10-15(21)22/h2-7,14H,8-10H2,1H3,(H,21,22). The molecule has 1 aliphatic rings. The van der Waals surface area contributed by atoms with E-state index >= 15 is 0 Å². The van der Waals surface area contributed by atoms with Crippen molar-refractivity contribution in [1.29, 1.82) is 0 Å². The van der Waals surface area contributed by atoms with E-state index in [0.717, 1.165) is 15.8 Å². The van der Waals surface area contributed by atoms with E-state index in [1.54, 1.807) is 0 Å². The number of nitrogens with zero attached hydrogens (tertiary/aromatic N) is 3. The van der Waals surface area contributed by atoms with Gasteiger partial charge in [-0.3, -0.25) is 9.59 Å². The second kappa shape index (κ2) is 6.76. The zero-order valence-corrected chi connectivity index (χ0v) is 13.6. The SMILES string of the molecule is COC(=O)C1Cc2ccccc2CN1C(=O)c1ccnn1CC(=O)O. The van der Waals surface area contributed by atoms with E-state index in [4.69, 9.17) is 9.84 Å². The molecule has 8 nitrogen and oxygen atoms in total. The van der Waals surface area contributed by atoms with Crippen LogP contribution in [0.1, 0.15) is 21.6 Å². The summed E-state index contributed by atoms with van der Waals surface area (Å²) < 4.78 is 5.96. The summed E-state index contributed by atoms with van der Waals surface area (Å²) in [6.07, 6.45) is 1.71. The number of carboxylic acid groups (broad SMARTS) is 1. The summed E-state index contributed by atoms with van der Waals surface area (Å²) in [5.41, 5.74) is 2.05. The summed E-state index contributed by atoms with van der Waals surface area (Å²) in [6.45, 7) is -0.186. The number of aromatic nitrogens is 2. The average Bonchev–Trinajstić information content (AvgIpc) is 3.06. The molecule has 1 N–H and O–H groups in total. The van der Waals surface area contributed by atoms with Gasteiger partial charge in [0.25, 0.3) is 5.91 Å². The average molecular weight is 343 g/mol. The van der Waals surface area contributed by atoms with Gasteiger partial charge in [-0.25, -0.2) is 9.48 Å². The fourth-order valence-electron chi connectivity index (χ4n) is 3.00. The molecule has 1 unspecified atom stereocenters. The Morgan fingerprint density at radius 3 is 2.64 bits per heavy atom. The van der Waals surface area contributed by atoms with E-state index in [1.165, 1.54) is 24.3 Å². The Morgan fingerprint density at radius 1 is 1.24 bits per heavy atom. The Kier molecular flexibility index (Phi) is 4.51. The molecule has 1 amide bonds. The molecule has 1 aliphatic heterocycles. The van der Waals surface area contributed by atoms with Gasteiger partial charge in [-0.15, -0.1) is 0 Å². The van der Waals surface area contributed by atoms with Gasteiger partial charge in [-0.1, -0.05) is 24.3 Å². The van der Waals surface area contributed by atoms with Crippen LogP contribution in [-0.2, 0) is 33.8 Å². The first-order valence-corrected chi connectivity index (χ1v) is 7.70. The molecule has 1 aromatic carbocycles. The molecule has 0 spiro atoms. The number of esters is 1. The summed E-state index contributed by atoms with van der Waals surface area (Å²) in [5.74, 6) is -2.07. The van der Waals surface area contributed by atoms with Crippen molar-refractivity contribution < 1.29 is 24.2 Å². The number of benzene rings is 1. The van der Waals surface area contributed by atoms with Crippen LogP contribution >= 0.6 is 0 Å². The third kappa shape index (κ3) is 3.23. The van der Waals surface area contributed by atoms with E-state index in [0.29, 0.717) is 6.42 Å². The van der Waals surface area contributed by atoms with Crippen LogP contribution in [0.5, 0.6) is 0 Å². The number of methoxy groups -OCH3 is 1. The maximum absolute atomic E-state index is 13.0. The van der Waals surface area contributed by atoms with Gasteiger partial charge in [0, 0.05) is 19.2 Å². The molecule has 2 heterocycles. The highest BCUT2D eigenvalue weighted by Crippen LogP contribution is 2.25. The van der Waals surface area contributed by atoms with Crippen molar-refractivity contribution in [2.75, 3.05) is 7.11 Å². The highest BCUT2D eigenvalue weighted by molar-refractivity contribution is 5.96. The quantitative estimate of drug-likeness (QED) is 0.820. The molecule has 1 aromatic heterocycles. The number of hydrogen-bond acceptors (Lipinski definition) is 5. The summed E-state index contributed by atoms with van der Waals surface area (Å²) >= 11 is 0. The number of carbonyl (C=O) groups is 3. The number of hydrogen-bond donors (Lipinski definition) is 1. The van der Waals surface area contributed by atoms with Gasteiger partial charge in [0.15, 0.2) is 0 Å². The predicted molar refractivity (Wildman–Crippen MR) is 85.7 cm³/mol. The molecule has 0 saturated heterocycles. The van der Waals surface area contributed by atoms with Crippen LogP contribution in [-0.4, -0.2) is 50.8 Å². The van der Waals surface area contributed by atoms with Crippen molar-refractivity contribution in [2.24, 2.45) is 0 Å². The maximum atomic E-state index is 13.0. The third-order valence-electron chi connectivity index (χ3n) is 4.20. The summed E-state index contributed by atoms with van der Waals surface area (Å²) in [4.78, 5) is 37.5. The van der Waals surface area contributed by atoms with Crippen molar-refractivity contribution in [3.05, 3.63) is 53.3 Å². The van der Waals surface area contributed by atoms with E-state index in [9.17, 15) is 14.4 Å². The van der Waals surface area contributed by atoms with Crippen molar-refractivity contribution in [3.63, 3.8) is 0 Å².